The molecule has 0 amide bonds. The molecule has 0 aliphatic rings. The topological polar surface area (TPSA) is 64.9 Å². The third-order valence-corrected chi connectivity index (χ3v) is 3.23. The van der Waals surface area contributed by atoms with Crippen LogP contribution in [0.15, 0.2) is 36.7 Å². The number of benzene rings is 1. The van der Waals surface area contributed by atoms with Gasteiger partial charge in [-0.3, -0.25) is 4.98 Å². The maximum Gasteiger partial charge on any atom is 0.145 e. The zero-order valence-corrected chi connectivity index (χ0v) is 11.1. The number of pyridine rings is 1. The Labute approximate surface area is 116 Å². The number of nitrogens with zero attached hydrogens (tertiary/aromatic N) is 1. The fraction of sp³-hybridized carbons (Fsp3) is 0.214. The van der Waals surface area contributed by atoms with E-state index in [-0.39, 0.29) is 11.1 Å². The predicted octanol–water partition coefficient (Wildman–Crippen LogP) is 2.57. The highest BCUT2D eigenvalue weighted by Crippen LogP contribution is 2.20. The minimum Gasteiger partial charge on any atom is -0.398 e. The summed E-state index contributed by atoms with van der Waals surface area (Å²) >= 11 is 5.74. The van der Waals surface area contributed by atoms with E-state index in [1.54, 1.807) is 30.6 Å². The van der Waals surface area contributed by atoms with Crippen molar-refractivity contribution in [2.75, 3.05) is 5.73 Å². The monoisotopic (exact) mass is 279 g/mol. The van der Waals surface area contributed by atoms with E-state index in [9.17, 15) is 4.39 Å². The van der Waals surface area contributed by atoms with Gasteiger partial charge in [0.05, 0.1) is 5.02 Å². The minimum absolute atomic E-state index is 0.116. The lowest BCUT2D eigenvalue weighted by Gasteiger charge is -2.13. The number of nitrogens with two attached hydrogens (primary N) is 2. The zero-order chi connectivity index (χ0) is 13.8. The fourth-order valence-electron chi connectivity index (χ4n) is 1.95. The van der Waals surface area contributed by atoms with Gasteiger partial charge in [0.2, 0.25) is 0 Å². The quantitative estimate of drug-likeness (QED) is 0.904. The molecule has 0 saturated heterocycles. The van der Waals surface area contributed by atoms with Gasteiger partial charge in [0.15, 0.2) is 0 Å². The van der Waals surface area contributed by atoms with Crippen LogP contribution in [0.4, 0.5) is 10.1 Å². The van der Waals surface area contributed by atoms with Crippen molar-refractivity contribution in [1.82, 2.24) is 4.98 Å². The lowest BCUT2D eigenvalue weighted by atomic mass is 9.99. The third-order valence-electron chi connectivity index (χ3n) is 2.94. The van der Waals surface area contributed by atoms with Gasteiger partial charge < -0.3 is 11.5 Å². The summed E-state index contributed by atoms with van der Waals surface area (Å²) in [6.45, 7) is 0. The molecule has 1 aromatic carbocycles. The van der Waals surface area contributed by atoms with Crippen LogP contribution in [0.5, 0.6) is 0 Å². The van der Waals surface area contributed by atoms with E-state index in [2.05, 4.69) is 4.98 Å². The van der Waals surface area contributed by atoms with Crippen LogP contribution in [-0.4, -0.2) is 11.0 Å². The Morgan fingerprint density at radius 3 is 2.68 bits per heavy atom. The summed E-state index contributed by atoms with van der Waals surface area (Å²) in [6.07, 6.45) is 4.26. The normalized spacial score (nSPS) is 12.4. The lowest BCUT2D eigenvalue weighted by Crippen LogP contribution is -2.26. The second-order valence-electron chi connectivity index (χ2n) is 4.46. The van der Waals surface area contributed by atoms with Crippen LogP contribution in [0, 0.1) is 5.82 Å². The van der Waals surface area contributed by atoms with Crippen molar-refractivity contribution >= 4 is 17.3 Å². The highest BCUT2D eigenvalue weighted by Gasteiger charge is 2.12. The summed E-state index contributed by atoms with van der Waals surface area (Å²) in [6, 6.07) is 6.41. The van der Waals surface area contributed by atoms with Crippen molar-refractivity contribution in [2.45, 2.75) is 18.9 Å². The van der Waals surface area contributed by atoms with Crippen LogP contribution in [0.3, 0.4) is 0 Å². The number of aromatic nitrogens is 1. The molecule has 1 aromatic heterocycles. The smallest absolute Gasteiger partial charge is 0.145 e. The number of hydrogen-bond acceptors (Lipinski definition) is 3. The van der Waals surface area contributed by atoms with Crippen molar-refractivity contribution in [3.8, 4) is 0 Å². The number of nitrogen functional groups attached to an aromatic ring is 1. The Hall–Kier alpha value is -1.65. The molecule has 100 valence electrons. The largest absolute Gasteiger partial charge is 0.398 e. The van der Waals surface area contributed by atoms with Crippen LogP contribution in [-0.2, 0) is 12.8 Å². The highest BCUT2D eigenvalue weighted by molar-refractivity contribution is 6.30. The number of rotatable bonds is 4. The van der Waals surface area contributed by atoms with E-state index in [1.165, 1.54) is 6.07 Å². The van der Waals surface area contributed by atoms with Crippen molar-refractivity contribution < 1.29 is 4.39 Å². The van der Waals surface area contributed by atoms with E-state index in [0.29, 0.717) is 24.1 Å². The maximum atomic E-state index is 13.8. The molecule has 0 aliphatic heterocycles. The summed E-state index contributed by atoms with van der Waals surface area (Å²) in [4.78, 5) is 4.01. The van der Waals surface area contributed by atoms with Gasteiger partial charge in [-0.15, -0.1) is 0 Å². The van der Waals surface area contributed by atoms with E-state index >= 15 is 0 Å². The second kappa shape index (κ2) is 5.99. The first-order chi connectivity index (χ1) is 9.08. The molecule has 0 saturated carbocycles. The van der Waals surface area contributed by atoms with Crippen molar-refractivity contribution in [1.29, 1.82) is 0 Å². The molecule has 2 aromatic rings. The molecule has 0 bridgehead atoms. The van der Waals surface area contributed by atoms with Crippen LogP contribution in [0.1, 0.15) is 11.1 Å². The third kappa shape index (κ3) is 3.43. The van der Waals surface area contributed by atoms with Crippen LogP contribution >= 0.6 is 11.6 Å². The first kappa shape index (κ1) is 13.8. The minimum atomic E-state index is -0.404. The molecule has 5 heteroatoms. The Balaban J connectivity index is 2.08. The Morgan fingerprint density at radius 1 is 1.21 bits per heavy atom. The molecule has 4 N–H and O–H groups in total. The first-order valence-electron chi connectivity index (χ1n) is 5.94. The van der Waals surface area contributed by atoms with Crippen LogP contribution in [0.25, 0.3) is 0 Å². The molecule has 3 nitrogen and oxygen atoms in total. The molecular weight excluding hydrogens is 265 g/mol. The molecule has 1 atom stereocenters. The number of anilines is 1. The molecule has 0 spiro atoms. The zero-order valence-electron chi connectivity index (χ0n) is 10.3. The molecule has 2 rings (SSSR count). The molecule has 0 fully saturated rings. The highest BCUT2D eigenvalue weighted by atomic mass is 35.5. The van der Waals surface area contributed by atoms with Gasteiger partial charge in [-0.05, 0) is 36.1 Å². The first-order valence-corrected chi connectivity index (χ1v) is 6.32. The van der Waals surface area contributed by atoms with E-state index in [0.717, 1.165) is 5.56 Å². The van der Waals surface area contributed by atoms with Crippen molar-refractivity contribution in [3.05, 3.63) is 58.6 Å². The summed E-state index contributed by atoms with van der Waals surface area (Å²) in [5, 5.41) is 0.116. The summed E-state index contributed by atoms with van der Waals surface area (Å²) in [7, 11) is 0. The van der Waals surface area contributed by atoms with Gasteiger partial charge >= 0.3 is 0 Å². The molecular formula is C14H15ClFN3. The van der Waals surface area contributed by atoms with Crippen molar-refractivity contribution in [3.63, 3.8) is 0 Å². The SMILES string of the molecule is Nc1ccncc1CC(N)Cc1cccc(Cl)c1F. The standard InChI is InChI=1S/C14H15ClFN3/c15-12-3-1-2-9(14(12)16)6-11(17)7-10-8-19-5-4-13(10)18/h1-5,8,11H,6-7,17H2,(H2,18,19). The Bertz CT molecular complexity index is 574. The molecule has 0 aliphatic carbocycles. The van der Waals surface area contributed by atoms with Gasteiger partial charge in [-0.2, -0.15) is 0 Å². The molecule has 0 radical (unpaired) electrons. The fourth-order valence-corrected chi connectivity index (χ4v) is 2.15. The molecule has 1 unspecified atom stereocenters. The number of halogens is 2. The van der Waals surface area contributed by atoms with Gasteiger partial charge in [0.1, 0.15) is 5.82 Å². The van der Waals surface area contributed by atoms with Crippen LogP contribution in [0.2, 0.25) is 5.02 Å². The van der Waals surface area contributed by atoms with Crippen LogP contribution < -0.4 is 11.5 Å². The Kier molecular flexibility index (Phi) is 4.35. The van der Waals surface area contributed by atoms with Gasteiger partial charge in [-0.25, -0.2) is 4.39 Å². The number of hydrogen-bond donors (Lipinski definition) is 2. The summed E-state index contributed by atoms with van der Waals surface area (Å²) in [5.41, 5.74) is 13.9. The van der Waals surface area contributed by atoms with E-state index in [1.807, 2.05) is 0 Å². The summed E-state index contributed by atoms with van der Waals surface area (Å²) in [5.74, 6) is -0.404. The van der Waals surface area contributed by atoms with E-state index in [4.69, 9.17) is 23.1 Å². The van der Waals surface area contributed by atoms with E-state index < -0.39 is 5.82 Å². The maximum absolute atomic E-state index is 13.8. The Morgan fingerprint density at radius 2 is 1.95 bits per heavy atom. The second-order valence-corrected chi connectivity index (χ2v) is 4.86. The predicted molar refractivity (Wildman–Crippen MR) is 75.4 cm³/mol. The lowest BCUT2D eigenvalue weighted by molar-refractivity contribution is 0.584. The molecule has 19 heavy (non-hydrogen) atoms. The van der Waals surface area contributed by atoms with Gasteiger partial charge in [0.25, 0.3) is 0 Å². The van der Waals surface area contributed by atoms with Gasteiger partial charge in [-0.1, -0.05) is 23.7 Å². The van der Waals surface area contributed by atoms with Gasteiger partial charge in [0, 0.05) is 24.1 Å². The molecule has 1 heterocycles. The average Bonchev–Trinajstić information content (AvgIpc) is 2.38. The average molecular weight is 280 g/mol. The van der Waals surface area contributed by atoms with Crippen molar-refractivity contribution in [2.24, 2.45) is 5.73 Å². The summed E-state index contributed by atoms with van der Waals surface area (Å²) < 4.78 is 13.8.